The Morgan fingerprint density at radius 1 is 0.857 bits per heavy atom. The Balaban J connectivity index is 1.24. The maximum atomic E-state index is 6.58. The van der Waals surface area contributed by atoms with Crippen LogP contribution in [0.5, 0.6) is 5.75 Å². The summed E-state index contributed by atoms with van der Waals surface area (Å²) in [6, 6.07) is 33.7. The monoisotopic (exact) mass is 467 g/mol. The molecule has 0 spiro atoms. The van der Waals surface area contributed by atoms with Crippen molar-refractivity contribution >= 4 is 10.8 Å². The second-order valence-electron chi connectivity index (χ2n) is 9.10. The first kappa shape index (κ1) is 23.6. The zero-order chi connectivity index (χ0) is 23.9. The Morgan fingerprint density at radius 2 is 1.63 bits per heavy atom. The first-order valence-corrected chi connectivity index (χ1v) is 12.4. The number of hydrogen-bond acceptors (Lipinski definition) is 4. The van der Waals surface area contributed by atoms with E-state index in [9.17, 15) is 0 Å². The number of benzene rings is 4. The van der Waals surface area contributed by atoms with Gasteiger partial charge in [-0.05, 0) is 53.1 Å². The van der Waals surface area contributed by atoms with E-state index in [1.165, 1.54) is 21.9 Å². The lowest BCUT2D eigenvalue weighted by molar-refractivity contribution is -0.168. The van der Waals surface area contributed by atoms with Gasteiger partial charge in [-0.2, -0.15) is 0 Å². The van der Waals surface area contributed by atoms with Gasteiger partial charge in [0.2, 0.25) is 0 Å². The Bertz CT molecular complexity index is 1210. The highest BCUT2D eigenvalue weighted by Crippen LogP contribution is 2.33. The lowest BCUT2D eigenvalue weighted by atomic mass is 9.87. The Hall–Kier alpha value is -3.18. The van der Waals surface area contributed by atoms with Crippen molar-refractivity contribution in [1.29, 1.82) is 0 Å². The van der Waals surface area contributed by atoms with Gasteiger partial charge in [0.25, 0.3) is 0 Å². The minimum absolute atomic E-state index is 0.0347. The number of rotatable bonds is 9. The number of methoxy groups -OCH3 is 1. The van der Waals surface area contributed by atoms with Crippen LogP contribution in [0.2, 0.25) is 0 Å². The number of ether oxygens (including phenoxy) is 3. The molecule has 4 aromatic carbocycles. The van der Waals surface area contributed by atoms with Crippen molar-refractivity contribution in [2.24, 2.45) is 0 Å². The largest absolute Gasteiger partial charge is 0.493 e. The molecule has 0 radical (unpaired) electrons. The lowest BCUT2D eigenvalue weighted by Gasteiger charge is -2.35. The molecule has 1 saturated heterocycles. The molecule has 180 valence electrons. The molecule has 3 atom stereocenters. The van der Waals surface area contributed by atoms with Crippen LogP contribution < -0.4 is 10.1 Å². The summed E-state index contributed by atoms with van der Waals surface area (Å²) >= 11 is 0. The molecule has 4 heteroatoms. The average molecular weight is 468 g/mol. The second-order valence-corrected chi connectivity index (χ2v) is 9.10. The summed E-state index contributed by atoms with van der Waals surface area (Å²) < 4.78 is 18.2. The highest BCUT2D eigenvalue weighted by atomic mass is 16.7. The Morgan fingerprint density at radius 3 is 2.43 bits per heavy atom. The molecular weight excluding hydrogens is 434 g/mol. The second kappa shape index (κ2) is 11.5. The predicted molar refractivity (Wildman–Crippen MR) is 141 cm³/mol. The summed E-state index contributed by atoms with van der Waals surface area (Å²) in [6.07, 6.45) is 1.55. The summed E-state index contributed by atoms with van der Waals surface area (Å²) in [5.41, 5.74) is 3.64. The van der Waals surface area contributed by atoms with Crippen molar-refractivity contribution in [2.75, 3.05) is 26.8 Å². The van der Waals surface area contributed by atoms with Gasteiger partial charge in [0.05, 0.1) is 12.7 Å². The van der Waals surface area contributed by atoms with E-state index >= 15 is 0 Å². The summed E-state index contributed by atoms with van der Waals surface area (Å²) in [5.74, 6) is 1.24. The standard InChI is InChI=1S/C31H33NO3/c1-33-31(27-16-15-24-7-5-6-8-26(24)21-27)35-30-22-32-19-17-29(30)25-13-11-23(12-14-25)18-20-34-28-9-3-2-4-10-28/h2-16,21,29-32H,17-20,22H2,1H3. The molecule has 1 N–H and O–H groups in total. The van der Waals surface area contributed by atoms with Crippen LogP contribution in [0.1, 0.15) is 35.3 Å². The SMILES string of the molecule is COC(OC1CNCCC1c1ccc(CCOc2ccccc2)cc1)c1ccc2ccccc2c1. The van der Waals surface area contributed by atoms with Crippen molar-refractivity contribution in [3.8, 4) is 5.75 Å². The third-order valence-electron chi connectivity index (χ3n) is 6.80. The highest BCUT2D eigenvalue weighted by molar-refractivity contribution is 5.83. The van der Waals surface area contributed by atoms with Crippen molar-refractivity contribution < 1.29 is 14.2 Å². The number of nitrogens with one attached hydrogen (secondary N) is 1. The Labute approximate surface area is 207 Å². The van der Waals surface area contributed by atoms with Crippen LogP contribution in [0.15, 0.2) is 97.1 Å². The molecule has 1 aliphatic heterocycles. The van der Waals surface area contributed by atoms with Gasteiger partial charge in [-0.15, -0.1) is 0 Å². The predicted octanol–water partition coefficient (Wildman–Crippen LogP) is 6.27. The van der Waals surface area contributed by atoms with Crippen LogP contribution in [-0.2, 0) is 15.9 Å². The average Bonchev–Trinajstić information content (AvgIpc) is 2.93. The van der Waals surface area contributed by atoms with Crippen LogP contribution >= 0.6 is 0 Å². The molecule has 0 aromatic heterocycles. The zero-order valence-corrected chi connectivity index (χ0v) is 20.2. The summed E-state index contributed by atoms with van der Waals surface area (Å²) in [5, 5.41) is 5.92. The molecule has 35 heavy (non-hydrogen) atoms. The quantitative estimate of drug-likeness (QED) is 0.295. The molecule has 4 aromatic rings. The third kappa shape index (κ3) is 5.91. The van der Waals surface area contributed by atoms with E-state index in [4.69, 9.17) is 14.2 Å². The number of para-hydroxylation sites is 1. The molecular formula is C31H33NO3. The number of fused-ring (bicyclic) bond motifs is 1. The fourth-order valence-corrected chi connectivity index (χ4v) is 4.87. The van der Waals surface area contributed by atoms with Gasteiger partial charge in [-0.1, -0.05) is 78.9 Å². The van der Waals surface area contributed by atoms with Gasteiger partial charge in [0, 0.05) is 31.6 Å². The van der Waals surface area contributed by atoms with Crippen LogP contribution in [-0.4, -0.2) is 32.9 Å². The molecule has 0 bridgehead atoms. The van der Waals surface area contributed by atoms with Crippen molar-refractivity contribution in [1.82, 2.24) is 5.32 Å². The van der Waals surface area contributed by atoms with E-state index in [0.29, 0.717) is 12.5 Å². The molecule has 0 aliphatic carbocycles. The first-order valence-electron chi connectivity index (χ1n) is 12.4. The topological polar surface area (TPSA) is 39.7 Å². The fourth-order valence-electron chi connectivity index (χ4n) is 4.87. The van der Waals surface area contributed by atoms with Crippen LogP contribution in [0.25, 0.3) is 10.8 Å². The lowest BCUT2D eigenvalue weighted by Crippen LogP contribution is -2.41. The molecule has 0 amide bonds. The van der Waals surface area contributed by atoms with Gasteiger partial charge >= 0.3 is 0 Å². The minimum Gasteiger partial charge on any atom is -0.493 e. The summed E-state index contributed by atoms with van der Waals surface area (Å²) in [7, 11) is 1.72. The van der Waals surface area contributed by atoms with Crippen LogP contribution in [0, 0.1) is 0 Å². The maximum Gasteiger partial charge on any atom is 0.183 e. The summed E-state index contributed by atoms with van der Waals surface area (Å²) in [4.78, 5) is 0. The van der Waals surface area contributed by atoms with Crippen molar-refractivity contribution in [2.45, 2.75) is 31.2 Å². The van der Waals surface area contributed by atoms with Gasteiger partial charge in [-0.3, -0.25) is 0 Å². The molecule has 1 heterocycles. The minimum atomic E-state index is -0.401. The van der Waals surface area contributed by atoms with E-state index < -0.39 is 6.29 Å². The maximum absolute atomic E-state index is 6.58. The zero-order valence-electron chi connectivity index (χ0n) is 20.2. The van der Waals surface area contributed by atoms with Gasteiger partial charge in [0.1, 0.15) is 5.75 Å². The van der Waals surface area contributed by atoms with E-state index in [2.05, 4.69) is 72.0 Å². The Kier molecular flexibility index (Phi) is 7.74. The van der Waals surface area contributed by atoms with Crippen LogP contribution in [0.3, 0.4) is 0 Å². The normalized spacial score (nSPS) is 18.9. The van der Waals surface area contributed by atoms with Crippen LogP contribution in [0.4, 0.5) is 0 Å². The van der Waals surface area contributed by atoms with E-state index in [0.717, 1.165) is 37.2 Å². The summed E-state index contributed by atoms with van der Waals surface area (Å²) in [6.45, 7) is 2.47. The molecule has 1 fully saturated rings. The molecule has 4 nitrogen and oxygen atoms in total. The molecule has 1 aliphatic rings. The molecule has 0 saturated carbocycles. The van der Waals surface area contributed by atoms with Gasteiger partial charge < -0.3 is 19.5 Å². The number of hydrogen-bond donors (Lipinski definition) is 1. The molecule has 3 unspecified atom stereocenters. The van der Waals surface area contributed by atoms with Gasteiger partial charge in [-0.25, -0.2) is 0 Å². The highest BCUT2D eigenvalue weighted by Gasteiger charge is 2.30. The fraction of sp³-hybridized carbons (Fsp3) is 0.290. The van der Waals surface area contributed by atoms with Crippen molar-refractivity contribution in [3.63, 3.8) is 0 Å². The smallest absolute Gasteiger partial charge is 0.183 e. The van der Waals surface area contributed by atoms with E-state index in [1.54, 1.807) is 7.11 Å². The van der Waals surface area contributed by atoms with Crippen molar-refractivity contribution in [3.05, 3.63) is 114 Å². The third-order valence-corrected chi connectivity index (χ3v) is 6.80. The van der Waals surface area contributed by atoms with E-state index in [-0.39, 0.29) is 6.10 Å². The number of piperidine rings is 1. The van der Waals surface area contributed by atoms with Gasteiger partial charge in [0.15, 0.2) is 6.29 Å². The first-order chi connectivity index (χ1) is 17.3. The molecule has 5 rings (SSSR count). The van der Waals surface area contributed by atoms with E-state index in [1.807, 2.05) is 30.3 Å².